The number of aryl methyl sites for hydroxylation is 1. The molecule has 5 nitrogen and oxygen atoms in total. The quantitative estimate of drug-likeness (QED) is 0.728. The fourth-order valence-corrected chi connectivity index (χ4v) is 2.38. The summed E-state index contributed by atoms with van der Waals surface area (Å²) in [4.78, 5) is 4.35. The Morgan fingerprint density at radius 1 is 1.47 bits per heavy atom. The van der Waals surface area contributed by atoms with Gasteiger partial charge < -0.3 is 19.2 Å². The Balaban J connectivity index is 1.69. The Bertz CT molecular complexity index is 367. The Morgan fingerprint density at radius 2 is 2.37 bits per heavy atom. The van der Waals surface area contributed by atoms with Crippen LogP contribution in [0.1, 0.15) is 37.3 Å². The highest BCUT2D eigenvalue weighted by Gasteiger charge is 2.28. The van der Waals surface area contributed by atoms with E-state index < -0.39 is 0 Å². The summed E-state index contributed by atoms with van der Waals surface area (Å²) in [5, 5.41) is 3.31. The molecule has 0 amide bonds. The number of oxazole rings is 1. The van der Waals surface area contributed by atoms with E-state index in [1.54, 1.807) is 7.11 Å². The Hall–Kier alpha value is -0.910. The van der Waals surface area contributed by atoms with Gasteiger partial charge in [0.1, 0.15) is 5.76 Å². The van der Waals surface area contributed by atoms with Crippen LogP contribution in [0, 0.1) is 0 Å². The van der Waals surface area contributed by atoms with Gasteiger partial charge in [-0.25, -0.2) is 4.98 Å². The molecule has 1 N–H and O–H groups in total. The minimum absolute atomic E-state index is 0.247. The van der Waals surface area contributed by atoms with Crippen molar-refractivity contribution in [3.05, 3.63) is 17.8 Å². The first kappa shape index (κ1) is 14.5. The van der Waals surface area contributed by atoms with E-state index in [0.29, 0.717) is 5.92 Å². The van der Waals surface area contributed by atoms with Crippen molar-refractivity contribution >= 4 is 0 Å². The number of rotatable bonds is 8. The molecule has 19 heavy (non-hydrogen) atoms. The van der Waals surface area contributed by atoms with Gasteiger partial charge in [-0.2, -0.15) is 0 Å². The molecule has 1 fully saturated rings. The lowest BCUT2D eigenvalue weighted by Gasteiger charge is -2.09. The minimum atomic E-state index is 0.247. The van der Waals surface area contributed by atoms with Crippen molar-refractivity contribution in [2.24, 2.45) is 0 Å². The summed E-state index contributed by atoms with van der Waals surface area (Å²) in [7, 11) is 1.71. The average Bonchev–Trinajstić information content (AvgIpc) is 3.02. The van der Waals surface area contributed by atoms with E-state index in [9.17, 15) is 0 Å². The van der Waals surface area contributed by atoms with Crippen LogP contribution in [0.5, 0.6) is 0 Å². The molecule has 1 saturated heterocycles. The lowest BCUT2D eigenvalue weighted by atomic mass is 10.0. The van der Waals surface area contributed by atoms with Crippen LogP contribution < -0.4 is 5.32 Å². The van der Waals surface area contributed by atoms with Crippen molar-refractivity contribution in [3.8, 4) is 0 Å². The fourth-order valence-electron chi connectivity index (χ4n) is 2.38. The largest absolute Gasteiger partial charge is 0.445 e. The van der Waals surface area contributed by atoms with E-state index in [1.165, 1.54) is 0 Å². The number of ether oxygens (including phenoxy) is 2. The summed E-state index contributed by atoms with van der Waals surface area (Å²) < 4.78 is 16.3. The molecule has 2 atom stereocenters. The van der Waals surface area contributed by atoms with Crippen LogP contribution in [0.25, 0.3) is 0 Å². The molecular weight excluding hydrogens is 244 g/mol. The molecule has 1 aliphatic heterocycles. The van der Waals surface area contributed by atoms with E-state index >= 15 is 0 Å². The summed E-state index contributed by atoms with van der Waals surface area (Å²) in [6.45, 7) is 5.53. The first-order chi connectivity index (χ1) is 9.31. The maximum Gasteiger partial charge on any atom is 0.194 e. The van der Waals surface area contributed by atoms with Gasteiger partial charge in [0.15, 0.2) is 5.89 Å². The van der Waals surface area contributed by atoms with E-state index in [-0.39, 0.29) is 6.10 Å². The Labute approximate surface area is 114 Å². The van der Waals surface area contributed by atoms with Crippen LogP contribution in [0.4, 0.5) is 0 Å². The highest BCUT2D eigenvalue weighted by atomic mass is 16.5. The van der Waals surface area contributed by atoms with Gasteiger partial charge in [0.2, 0.25) is 0 Å². The second-order valence-electron chi connectivity index (χ2n) is 4.97. The zero-order valence-corrected chi connectivity index (χ0v) is 11.9. The molecule has 2 rings (SSSR count). The smallest absolute Gasteiger partial charge is 0.194 e. The molecule has 108 valence electrons. The van der Waals surface area contributed by atoms with E-state index in [2.05, 4.69) is 17.2 Å². The summed E-state index contributed by atoms with van der Waals surface area (Å²) in [6.07, 6.45) is 5.05. The van der Waals surface area contributed by atoms with Gasteiger partial charge in [0, 0.05) is 32.6 Å². The van der Waals surface area contributed by atoms with Gasteiger partial charge in [-0.1, -0.05) is 0 Å². The summed E-state index contributed by atoms with van der Waals surface area (Å²) >= 11 is 0. The van der Waals surface area contributed by atoms with Crippen molar-refractivity contribution in [2.75, 3.05) is 33.4 Å². The second kappa shape index (κ2) is 7.62. The summed E-state index contributed by atoms with van der Waals surface area (Å²) in [5.74, 6) is 2.19. The molecule has 0 radical (unpaired) electrons. The van der Waals surface area contributed by atoms with Gasteiger partial charge >= 0.3 is 0 Å². The van der Waals surface area contributed by atoms with E-state index in [0.717, 1.165) is 57.2 Å². The van der Waals surface area contributed by atoms with Crippen LogP contribution in [-0.4, -0.2) is 44.5 Å². The highest BCUT2D eigenvalue weighted by Crippen LogP contribution is 2.31. The number of methoxy groups -OCH3 is 1. The van der Waals surface area contributed by atoms with Gasteiger partial charge in [-0.15, -0.1) is 0 Å². The molecule has 2 heterocycles. The number of hydrogen-bond acceptors (Lipinski definition) is 5. The second-order valence-corrected chi connectivity index (χ2v) is 4.97. The number of nitrogens with zero attached hydrogens (tertiary/aromatic N) is 1. The maximum absolute atomic E-state index is 5.82. The zero-order valence-electron chi connectivity index (χ0n) is 11.9. The molecule has 1 aromatic heterocycles. The Kier molecular flexibility index (Phi) is 5.82. The van der Waals surface area contributed by atoms with Gasteiger partial charge in [-0.3, -0.25) is 0 Å². The topological polar surface area (TPSA) is 56.5 Å². The van der Waals surface area contributed by atoms with Gasteiger partial charge in [0.05, 0.1) is 18.9 Å². The van der Waals surface area contributed by atoms with Crippen LogP contribution in [0.2, 0.25) is 0 Å². The van der Waals surface area contributed by atoms with Crippen molar-refractivity contribution in [3.63, 3.8) is 0 Å². The van der Waals surface area contributed by atoms with Crippen LogP contribution >= 0.6 is 0 Å². The third-order valence-electron chi connectivity index (χ3n) is 3.54. The monoisotopic (exact) mass is 268 g/mol. The zero-order chi connectivity index (χ0) is 13.5. The fraction of sp³-hybridized carbons (Fsp3) is 0.786. The first-order valence-corrected chi connectivity index (χ1v) is 7.07. The Morgan fingerprint density at radius 3 is 3.11 bits per heavy atom. The van der Waals surface area contributed by atoms with Crippen molar-refractivity contribution in [1.82, 2.24) is 10.3 Å². The molecule has 0 aromatic carbocycles. The van der Waals surface area contributed by atoms with Crippen LogP contribution in [0.3, 0.4) is 0 Å². The van der Waals surface area contributed by atoms with Crippen molar-refractivity contribution in [2.45, 2.75) is 38.2 Å². The maximum atomic E-state index is 5.82. The first-order valence-electron chi connectivity index (χ1n) is 7.07. The van der Waals surface area contributed by atoms with Crippen LogP contribution in [0.15, 0.2) is 10.6 Å². The van der Waals surface area contributed by atoms with Gasteiger partial charge in [0.25, 0.3) is 0 Å². The molecule has 5 heteroatoms. The molecule has 1 aliphatic rings. The normalized spacial score (nSPS) is 23.1. The average molecular weight is 268 g/mol. The lowest BCUT2D eigenvalue weighted by Crippen LogP contribution is -2.20. The summed E-state index contributed by atoms with van der Waals surface area (Å²) in [5.41, 5.74) is 0. The third-order valence-corrected chi connectivity index (χ3v) is 3.54. The third kappa shape index (κ3) is 4.30. The van der Waals surface area contributed by atoms with Crippen LogP contribution in [-0.2, 0) is 15.9 Å². The highest BCUT2D eigenvalue weighted by molar-refractivity contribution is 5.06. The minimum Gasteiger partial charge on any atom is -0.445 e. The predicted octanol–water partition coefficient (Wildman–Crippen LogP) is 1.74. The number of aromatic nitrogens is 1. The number of nitrogens with one attached hydrogen (secondary N) is 1. The molecule has 2 unspecified atom stereocenters. The molecule has 0 aliphatic carbocycles. The van der Waals surface area contributed by atoms with E-state index in [4.69, 9.17) is 13.9 Å². The molecule has 1 aromatic rings. The molecular formula is C14H24N2O3. The predicted molar refractivity (Wildman–Crippen MR) is 72.3 cm³/mol. The van der Waals surface area contributed by atoms with Crippen molar-refractivity contribution in [1.29, 1.82) is 0 Å². The SMILES string of the molecule is COCCNCCCc1ncc(C2CCOC2C)o1. The lowest BCUT2D eigenvalue weighted by molar-refractivity contribution is 0.115. The summed E-state index contributed by atoms with van der Waals surface area (Å²) in [6, 6.07) is 0. The molecule has 0 saturated carbocycles. The molecule has 0 spiro atoms. The number of hydrogen-bond donors (Lipinski definition) is 1. The molecule has 0 bridgehead atoms. The van der Waals surface area contributed by atoms with E-state index in [1.807, 2.05) is 6.20 Å². The standard InChI is InChI=1S/C14H24N2O3/c1-11-12(5-8-18-11)13-10-16-14(19-13)4-3-6-15-7-9-17-2/h10-12,15H,3-9H2,1-2H3. The van der Waals surface area contributed by atoms with Crippen molar-refractivity contribution < 1.29 is 13.9 Å². The van der Waals surface area contributed by atoms with Gasteiger partial charge in [-0.05, 0) is 26.3 Å².